The van der Waals surface area contributed by atoms with Gasteiger partial charge in [0.2, 0.25) is 17.6 Å². The second-order valence-corrected chi connectivity index (χ2v) is 7.77. The first kappa shape index (κ1) is 21.7. The summed E-state index contributed by atoms with van der Waals surface area (Å²) >= 11 is 1.17. The highest BCUT2D eigenvalue weighted by atomic mass is 32.2. The maximum Gasteiger partial charge on any atom is 0.372 e. The third kappa shape index (κ3) is 4.61. The first-order valence-electron chi connectivity index (χ1n) is 8.42. The van der Waals surface area contributed by atoms with Crippen molar-refractivity contribution in [3.63, 3.8) is 0 Å². The molecule has 3 N–H and O–H groups in total. The van der Waals surface area contributed by atoms with Gasteiger partial charge < -0.3 is 25.2 Å². The summed E-state index contributed by atoms with van der Waals surface area (Å²) in [6.07, 6.45) is -0.335. The third-order valence-electron chi connectivity index (χ3n) is 4.51. The molecular formula is C16H20N2O9S. The number of ketones is 1. The number of carbonyl (C=O) groups excluding carboxylic acids is 4. The Kier molecular flexibility index (Phi) is 6.65. The molecule has 2 amide bonds. The minimum Gasteiger partial charge on any atom is -0.481 e. The standard InChI is InChI=1S/C16H20N2O9S/c1-8(19)27-6-16(15(25)26)5-18-12(22)11(13(18)28-7-16)17-10(21)4-2-3-9(20)14(23)24/h11,13H,2-7H2,1H3,(H,17,21)(H,23,24)(H,25,26)/t11?,13-,16?/m1/s1. The van der Waals surface area contributed by atoms with Crippen molar-refractivity contribution in [3.05, 3.63) is 0 Å². The molecule has 2 aliphatic rings. The molecule has 0 aromatic rings. The number of ether oxygens (including phenoxy) is 1. The molecule has 0 aromatic heterocycles. The number of fused-ring (bicyclic) bond motifs is 1. The zero-order valence-corrected chi connectivity index (χ0v) is 15.8. The van der Waals surface area contributed by atoms with Gasteiger partial charge in [-0.3, -0.25) is 24.0 Å². The minimum atomic E-state index is -1.56. The summed E-state index contributed by atoms with van der Waals surface area (Å²) in [7, 11) is 0. The van der Waals surface area contributed by atoms with Gasteiger partial charge in [-0.15, -0.1) is 11.8 Å². The number of hydrogen-bond donors (Lipinski definition) is 3. The second kappa shape index (κ2) is 8.59. The predicted octanol–water partition coefficient (Wildman–Crippen LogP) is -1.16. The lowest BCUT2D eigenvalue weighted by molar-refractivity contribution is -0.164. The van der Waals surface area contributed by atoms with Crippen molar-refractivity contribution < 1.29 is 43.7 Å². The molecule has 2 unspecified atom stereocenters. The molecule has 0 radical (unpaired) electrons. The van der Waals surface area contributed by atoms with Crippen molar-refractivity contribution in [2.45, 2.75) is 37.6 Å². The predicted molar refractivity (Wildman–Crippen MR) is 93.1 cm³/mol. The van der Waals surface area contributed by atoms with E-state index in [2.05, 4.69) is 5.32 Å². The fourth-order valence-electron chi connectivity index (χ4n) is 2.91. The molecule has 2 saturated heterocycles. The number of rotatable bonds is 9. The molecule has 0 bridgehead atoms. The summed E-state index contributed by atoms with van der Waals surface area (Å²) in [6, 6.07) is -0.812. The van der Waals surface area contributed by atoms with E-state index in [4.69, 9.17) is 9.84 Å². The van der Waals surface area contributed by atoms with E-state index in [1.54, 1.807) is 0 Å². The van der Waals surface area contributed by atoms with Gasteiger partial charge in [0.1, 0.15) is 23.4 Å². The SMILES string of the molecule is CC(=O)OCC1(C(=O)O)CS[C@@H]2C(NC(=O)CCCC(=O)C(=O)O)C(=O)N2C1. The Hall–Kier alpha value is -2.63. The van der Waals surface area contributed by atoms with E-state index in [-0.39, 0.29) is 38.2 Å². The van der Waals surface area contributed by atoms with Crippen LogP contribution in [0, 0.1) is 5.41 Å². The Morgan fingerprint density at radius 3 is 2.50 bits per heavy atom. The van der Waals surface area contributed by atoms with Crippen LogP contribution in [0.15, 0.2) is 0 Å². The molecule has 2 aliphatic heterocycles. The second-order valence-electron chi connectivity index (χ2n) is 6.66. The lowest BCUT2D eigenvalue weighted by Gasteiger charge is -2.53. The molecule has 154 valence electrons. The lowest BCUT2D eigenvalue weighted by Crippen LogP contribution is -2.74. The molecule has 2 rings (SSSR count). The third-order valence-corrected chi connectivity index (χ3v) is 6.10. The van der Waals surface area contributed by atoms with Crippen molar-refractivity contribution in [3.8, 4) is 0 Å². The highest BCUT2D eigenvalue weighted by molar-refractivity contribution is 8.00. The van der Waals surface area contributed by atoms with E-state index < -0.39 is 52.3 Å². The number of β-lactam (4-membered cyclic amide) rings is 1. The van der Waals surface area contributed by atoms with Gasteiger partial charge in [-0.05, 0) is 6.42 Å². The lowest BCUT2D eigenvalue weighted by atomic mass is 9.88. The van der Waals surface area contributed by atoms with E-state index in [1.165, 1.54) is 23.6 Å². The molecule has 11 nitrogen and oxygen atoms in total. The van der Waals surface area contributed by atoms with Crippen LogP contribution >= 0.6 is 11.8 Å². The van der Waals surface area contributed by atoms with Crippen LogP contribution in [-0.2, 0) is 33.5 Å². The van der Waals surface area contributed by atoms with Gasteiger partial charge in [0.15, 0.2) is 0 Å². The summed E-state index contributed by atoms with van der Waals surface area (Å²) in [5.41, 5.74) is -1.41. The molecule has 0 aromatic carbocycles. The Morgan fingerprint density at radius 1 is 1.25 bits per heavy atom. The van der Waals surface area contributed by atoms with Crippen molar-refractivity contribution in [2.75, 3.05) is 18.9 Å². The Balaban J connectivity index is 1.88. The number of carboxylic acid groups (broad SMARTS) is 2. The molecule has 2 heterocycles. The van der Waals surface area contributed by atoms with Crippen LogP contribution in [0.3, 0.4) is 0 Å². The van der Waals surface area contributed by atoms with Crippen molar-refractivity contribution in [1.82, 2.24) is 10.2 Å². The summed E-state index contributed by atoms with van der Waals surface area (Å²) in [4.78, 5) is 69.7. The van der Waals surface area contributed by atoms with Gasteiger partial charge in [-0.2, -0.15) is 0 Å². The van der Waals surface area contributed by atoms with Crippen molar-refractivity contribution in [1.29, 1.82) is 0 Å². The molecule has 0 spiro atoms. The van der Waals surface area contributed by atoms with Crippen LogP contribution in [0.25, 0.3) is 0 Å². The maximum absolute atomic E-state index is 12.3. The van der Waals surface area contributed by atoms with E-state index in [1.807, 2.05) is 0 Å². The van der Waals surface area contributed by atoms with Gasteiger partial charge in [-0.1, -0.05) is 0 Å². The average molecular weight is 416 g/mol. The number of carboxylic acids is 2. The Bertz CT molecular complexity index is 725. The van der Waals surface area contributed by atoms with Gasteiger partial charge in [0, 0.05) is 32.1 Å². The molecule has 3 atom stereocenters. The average Bonchev–Trinajstić information content (AvgIpc) is 2.63. The maximum atomic E-state index is 12.3. The monoisotopic (exact) mass is 416 g/mol. The minimum absolute atomic E-state index is 0.0455. The van der Waals surface area contributed by atoms with Crippen LogP contribution in [0.4, 0.5) is 0 Å². The van der Waals surface area contributed by atoms with E-state index in [0.717, 1.165) is 0 Å². The summed E-state index contributed by atoms with van der Waals surface area (Å²) in [5.74, 6) is -5.17. The van der Waals surface area contributed by atoms with Crippen LogP contribution in [0.5, 0.6) is 0 Å². The highest BCUT2D eigenvalue weighted by Crippen LogP contribution is 2.42. The number of amides is 2. The van der Waals surface area contributed by atoms with Crippen LogP contribution in [0.1, 0.15) is 26.2 Å². The molecular weight excluding hydrogens is 396 g/mol. The van der Waals surface area contributed by atoms with E-state index in [0.29, 0.717) is 0 Å². The number of aliphatic carboxylic acids is 2. The quantitative estimate of drug-likeness (QED) is 0.237. The molecule has 0 saturated carbocycles. The largest absolute Gasteiger partial charge is 0.481 e. The molecule has 2 fully saturated rings. The molecule has 0 aliphatic carbocycles. The highest BCUT2D eigenvalue weighted by Gasteiger charge is 2.57. The van der Waals surface area contributed by atoms with Crippen LogP contribution in [0.2, 0.25) is 0 Å². The van der Waals surface area contributed by atoms with Gasteiger partial charge in [0.05, 0.1) is 0 Å². The first-order chi connectivity index (χ1) is 13.1. The van der Waals surface area contributed by atoms with Crippen molar-refractivity contribution >= 4 is 47.3 Å². The van der Waals surface area contributed by atoms with Gasteiger partial charge >= 0.3 is 17.9 Å². The molecule has 12 heteroatoms. The Morgan fingerprint density at radius 2 is 1.93 bits per heavy atom. The molecule has 28 heavy (non-hydrogen) atoms. The van der Waals surface area contributed by atoms with E-state index in [9.17, 15) is 33.9 Å². The van der Waals surface area contributed by atoms with Crippen LogP contribution < -0.4 is 5.32 Å². The van der Waals surface area contributed by atoms with Gasteiger partial charge in [-0.25, -0.2) is 4.79 Å². The topological polar surface area (TPSA) is 167 Å². The van der Waals surface area contributed by atoms with Crippen molar-refractivity contribution in [2.24, 2.45) is 5.41 Å². The van der Waals surface area contributed by atoms with Crippen LogP contribution in [-0.4, -0.2) is 80.9 Å². The summed E-state index contributed by atoms with van der Waals surface area (Å²) in [5, 5.41) is 20.1. The fraction of sp³-hybridized carbons (Fsp3) is 0.625. The Labute approximate surface area is 163 Å². The number of thioether (sulfide) groups is 1. The normalized spacial score (nSPS) is 25.9. The summed E-state index contributed by atoms with van der Waals surface area (Å²) in [6.45, 7) is 0.681. The zero-order chi connectivity index (χ0) is 21.1. The van der Waals surface area contributed by atoms with Gasteiger partial charge in [0.25, 0.3) is 0 Å². The number of Topliss-reactive ketones (excluding diaryl/α,β-unsaturated/α-hetero) is 1. The number of hydrogen-bond acceptors (Lipinski definition) is 8. The smallest absolute Gasteiger partial charge is 0.372 e. The number of esters is 1. The van der Waals surface area contributed by atoms with E-state index >= 15 is 0 Å². The fourth-order valence-corrected chi connectivity index (χ4v) is 4.43. The first-order valence-corrected chi connectivity index (χ1v) is 9.46. The summed E-state index contributed by atoms with van der Waals surface area (Å²) < 4.78 is 4.85. The number of nitrogens with one attached hydrogen (secondary N) is 1. The zero-order valence-electron chi connectivity index (χ0n) is 15.0. The number of carbonyl (C=O) groups is 6. The number of nitrogens with zero attached hydrogens (tertiary/aromatic N) is 1.